The Morgan fingerprint density at radius 1 is 1.30 bits per heavy atom. The minimum absolute atomic E-state index is 0.0354. The second-order valence-corrected chi connectivity index (χ2v) is 8.05. The molecule has 1 aliphatic carbocycles. The molecule has 1 heterocycles. The van der Waals surface area contributed by atoms with Crippen molar-refractivity contribution in [2.24, 2.45) is 5.73 Å². The van der Waals surface area contributed by atoms with Crippen molar-refractivity contribution in [1.82, 2.24) is 0 Å². The number of methoxy groups -OCH3 is 1. The molecule has 1 aliphatic heterocycles. The van der Waals surface area contributed by atoms with E-state index in [2.05, 4.69) is 6.07 Å². The van der Waals surface area contributed by atoms with E-state index in [1.807, 2.05) is 0 Å². The van der Waals surface area contributed by atoms with Crippen molar-refractivity contribution in [3.05, 3.63) is 79.8 Å². The SMILES string of the molecule is COc1cc(C2C(C#N)=C(N)N(c3ccc(Cl)c([N+](=O)[O-])c3)C3=C2C(=O)CCC3)ccc1O. The van der Waals surface area contributed by atoms with E-state index in [9.17, 15) is 25.3 Å². The predicted molar refractivity (Wildman–Crippen MR) is 121 cm³/mol. The maximum absolute atomic E-state index is 13.1. The van der Waals surface area contributed by atoms with Gasteiger partial charge in [0.15, 0.2) is 17.3 Å². The number of carbonyl (C=O) groups excluding carboxylic acids is 1. The van der Waals surface area contributed by atoms with Crippen LogP contribution in [-0.2, 0) is 4.79 Å². The van der Waals surface area contributed by atoms with Crippen LogP contribution in [0.25, 0.3) is 0 Å². The number of hydrogen-bond donors (Lipinski definition) is 2. The summed E-state index contributed by atoms with van der Waals surface area (Å²) in [5.74, 6) is -0.705. The Morgan fingerprint density at radius 3 is 2.73 bits per heavy atom. The van der Waals surface area contributed by atoms with E-state index in [4.69, 9.17) is 22.1 Å². The van der Waals surface area contributed by atoms with Gasteiger partial charge in [0.05, 0.1) is 35.3 Å². The number of nitriles is 1. The molecule has 0 saturated carbocycles. The van der Waals surface area contributed by atoms with Crippen LogP contribution < -0.4 is 15.4 Å². The third-order valence-corrected chi connectivity index (χ3v) is 6.15. The Kier molecular flexibility index (Phi) is 5.70. The van der Waals surface area contributed by atoms with Crippen LogP contribution in [0.3, 0.4) is 0 Å². The summed E-state index contributed by atoms with van der Waals surface area (Å²) in [7, 11) is 1.40. The van der Waals surface area contributed by atoms with Crippen molar-refractivity contribution in [1.29, 1.82) is 5.26 Å². The molecule has 2 aromatic rings. The summed E-state index contributed by atoms with van der Waals surface area (Å²) in [5, 5.41) is 31.4. The quantitative estimate of drug-likeness (QED) is 0.502. The molecular formula is C23H19ClN4O5. The number of carbonyl (C=O) groups is 1. The second-order valence-electron chi connectivity index (χ2n) is 7.64. The lowest BCUT2D eigenvalue weighted by atomic mass is 9.75. The van der Waals surface area contributed by atoms with Crippen molar-refractivity contribution in [2.75, 3.05) is 12.0 Å². The van der Waals surface area contributed by atoms with Gasteiger partial charge in [-0.25, -0.2) is 0 Å². The molecule has 168 valence electrons. The highest BCUT2D eigenvalue weighted by molar-refractivity contribution is 6.32. The molecule has 33 heavy (non-hydrogen) atoms. The normalized spacial score (nSPS) is 18.2. The lowest BCUT2D eigenvalue weighted by Gasteiger charge is -2.39. The first kappa shape index (κ1) is 22.2. The number of nitrogens with zero attached hydrogens (tertiary/aromatic N) is 3. The number of benzene rings is 2. The highest BCUT2D eigenvalue weighted by Gasteiger charge is 2.40. The van der Waals surface area contributed by atoms with Crippen LogP contribution >= 0.6 is 11.6 Å². The Labute approximate surface area is 194 Å². The van der Waals surface area contributed by atoms with Crippen molar-refractivity contribution < 1.29 is 19.6 Å². The molecule has 4 rings (SSSR count). The zero-order valence-electron chi connectivity index (χ0n) is 17.5. The molecule has 0 spiro atoms. The molecule has 0 saturated heterocycles. The number of aromatic hydroxyl groups is 1. The monoisotopic (exact) mass is 466 g/mol. The van der Waals surface area contributed by atoms with Gasteiger partial charge >= 0.3 is 0 Å². The van der Waals surface area contributed by atoms with Crippen LogP contribution in [0.2, 0.25) is 5.02 Å². The van der Waals surface area contributed by atoms with Crippen LogP contribution in [0, 0.1) is 21.4 Å². The summed E-state index contributed by atoms with van der Waals surface area (Å²) in [6.45, 7) is 0. The summed E-state index contributed by atoms with van der Waals surface area (Å²) in [6, 6.07) is 11.0. The number of ether oxygens (including phenoxy) is 1. The minimum atomic E-state index is -0.758. The van der Waals surface area contributed by atoms with E-state index in [0.717, 1.165) is 0 Å². The van der Waals surface area contributed by atoms with Crippen LogP contribution in [0.1, 0.15) is 30.7 Å². The van der Waals surface area contributed by atoms with Gasteiger partial charge in [-0.2, -0.15) is 5.26 Å². The number of anilines is 1. The Balaban J connectivity index is 1.97. The number of ketones is 1. The molecule has 0 aromatic heterocycles. The number of nitro groups is 1. The number of phenolic OH excluding ortho intramolecular Hbond substituents is 1. The van der Waals surface area contributed by atoms with Gasteiger partial charge in [0.2, 0.25) is 0 Å². The Hall–Kier alpha value is -4.03. The van der Waals surface area contributed by atoms with Crippen LogP contribution in [0.5, 0.6) is 11.5 Å². The predicted octanol–water partition coefficient (Wildman–Crippen LogP) is 4.27. The number of nitrogens with two attached hydrogens (primary N) is 1. The zero-order valence-corrected chi connectivity index (χ0v) is 18.3. The van der Waals surface area contributed by atoms with Gasteiger partial charge < -0.3 is 15.6 Å². The van der Waals surface area contributed by atoms with E-state index >= 15 is 0 Å². The molecule has 10 heteroatoms. The molecule has 1 unspecified atom stereocenters. The van der Waals surface area contributed by atoms with E-state index in [-0.39, 0.29) is 39.4 Å². The zero-order chi connectivity index (χ0) is 23.9. The van der Waals surface area contributed by atoms with Gasteiger partial charge in [0, 0.05) is 23.8 Å². The van der Waals surface area contributed by atoms with Crippen LogP contribution in [0.4, 0.5) is 11.4 Å². The molecule has 0 fully saturated rings. The first-order chi connectivity index (χ1) is 15.8. The fraction of sp³-hybridized carbons (Fsp3) is 0.217. The summed E-state index contributed by atoms with van der Waals surface area (Å²) < 4.78 is 5.20. The van der Waals surface area contributed by atoms with E-state index in [1.54, 1.807) is 18.2 Å². The van der Waals surface area contributed by atoms with E-state index < -0.39 is 10.8 Å². The number of allylic oxidation sites excluding steroid dienone is 3. The average Bonchev–Trinajstić information content (AvgIpc) is 2.79. The summed E-state index contributed by atoms with van der Waals surface area (Å²) in [6.07, 6.45) is 1.37. The standard InChI is InChI=1S/C23H19ClN4O5/c1-33-20-9-12(5-8-18(20)29)21-14(11-25)23(26)27(16-3-2-4-19(30)22(16)21)13-6-7-15(24)17(10-13)28(31)32/h5-10,21,29H,2-4,26H2,1H3. The first-order valence-corrected chi connectivity index (χ1v) is 10.4. The summed E-state index contributed by atoms with van der Waals surface area (Å²) >= 11 is 5.97. The van der Waals surface area contributed by atoms with Gasteiger partial charge in [0.1, 0.15) is 10.8 Å². The fourth-order valence-corrected chi connectivity index (χ4v) is 4.56. The van der Waals surface area contributed by atoms with Crippen LogP contribution in [0.15, 0.2) is 59.1 Å². The second kappa shape index (κ2) is 8.48. The van der Waals surface area contributed by atoms with Crippen molar-refractivity contribution >= 4 is 28.8 Å². The first-order valence-electron chi connectivity index (χ1n) is 10.1. The molecule has 3 N–H and O–H groups in total. The molecule has 0 amide bonds. The van der Waals surface area contributed by atoms with Gasteiger partial charge in [-0.3, -0.25) is 19.8 Å². The topological polar surface area (TPSA) is 143 Å². The lowest BCUT2D eigenvalue weighted by molar-refractivity contribution is -0.384. The molecule has 2 aliphatic rings. The smallest absolute Gasteiger partial charge is 0.289 e. The van der Waals surface area contributed by atoms with Gasteiger partial charge in [-0.05, 0) is 42.7 Å². The summed E-state index contributed by atoms with van der Waals surface area (Å²) in [5.41, 5.74) is 8.15. The number of hydrogen-bond acceptors (Lipinski definition) is 8. The molecule has 2 aromatic carbocycles. The number of rotatable bonds is 4. The Bertz CT molecular complexity index is 1290. The van der Waals surface area contributed by atoms with Gasteiger partial charge in [0.25, 0.3) is 5.69 Å². The molecule has 9 nitrogen and oxygen atoms in total. The number of halogens is 1. The molecular weight excluding hydrogens is 448 g/mol. The maximum atomic E-state index is 13.1. The number of nitro benzene ring substituents is 1. The molecule has 0 bridgehead atoms. The molecule has 1 atom stereocenters. The highest BCUT2D eigenvalue weighted by atomic mass is 35.5. The fourth-order valence-electron chi connectivity index (χ4n) is 4.37. The largest absolute Gasteiger partial charge is 0.504 e. The van der Waals surface area contributed by atoms with Crippen molar-refractivity contribution in [3.63, 3.8) is 0 Å². The highest BCUT2D eigenvalue weighted by Crippen LogP contribution is 2.48. The van der Waals surface area contributed by atoms with Crippen molar-refractivity contribution in [3.8, 4) is 17.6 Å². The van der Waals surface area contributed by atoms with E-state index in [0.29, 0.717) is 41.8 Å². The van der Waals surface area contributed by atoms with Crippen LogP contribution in [-0.4, -0.2) is 22.9 Å². The minimum Gasteiger partial charge on any atom is -0.504 e. The van der Waals surface area contributed by atoms with Crippen molar-refractivity contribution in [2.45, 2.75) is 25.2 Å². The van der Waals surface area contributed by atoms with Gasteiger partial charge in [-0.15, -0.1) is 0 Å². The number of Topliss-reactive ketones (excluding diaryl/α,β-unsaturated/α-hetero) is 1. The van der Waals surface area contributed by atoms with E-state index in [1.165, 1.54) is 30.2 Å². The average molecular weight is 467 g/mol. The maximum Gasteiger partial charge on any atom is 0.289 e. The van der Waals surface area contributed by atoms with Gasteiger partial charge in [-0.1, -0.05) is 17.7 Å². The lowest BCUT2D eigenvalue weighted by Crippen LogP contribution is -2.38. The third-order valence-electron chi connectivity index (χ3n) is 5.84. The third kappa shape index (κ3) is 3.64. The number of phenols is 1. The Morgan fingerprint density at radius 2 is 2.06 bits per heavy atom. The molecule has 0 radical (unpaired) electrons. The summed E-state index contributed by atoms with van der Waals surface area (Å²) in [4.78, 5) is 25.5.